The predicted octanol–water partition coefficient (Wildman–Crippen LogP) is 1.07. The summed E-state index contributed by atoms with van der Waals surface area (Å²) >= 11 is 1.74. The van der Waals surface area contributed by atoms with Crippen molar-refractivity contribution in [1.82, 2.24) is 10.3 Å². The summed E-state index contributed by atoms with van der Waals surface area (Å²) in [7, 11) is 0. The van der Waals surface area contributed by atoms with E-state index in [1.54, 1.807) is 18.0 Å². The predicted molar refractivity (Wildman–Crippen MR) is 75.4 cm³/mol. The zero-order valence-corrected chi connectivity index (χ0v) is 11.5. The van der Waals surface area contributed by atoms with Gasteiger partial charge in [-0.05, 0) is 18.6 Å². The second-order valence-electron chi connectivity index (χ2n) is 3.77. The Hall–Kier alpha value is -1.56. The van der Waals surface area contributed by atoms with Gasteiger partial charge in [-0.25, -0.2) is 0 Å². The van der Waals surface area contributed by atoms with Gasteiger partial charge in [-0.2, -0.15) is 11.8 Å². The van der Waals surface area contributed by atoms with E-state index in [-0.39, 0.29) is 11.9 Å². The van der Waals surface area contributed by atoms with E-state index in [9.17, 15) is 4.79 Å². The first-order valence-corrected chi connectivity index (χ1v) is 6.81. The van der Waals surface area contributed by atoms with Crippen LogP contribution in [0.4, 0.5) is 0 Å². The summed E-state index contributed by atoms with van der Waals surface area (Å²) in [5.74, 6) is 1.68. The zero-order chi connectivity index (χ0) is 13.4. The van der Waals surface area contributed by atoms with Gasteiger partial charge in [0.05, 0.1) is 12.2 Å². The van der Waals surface area contributed by atoms with Crippen molar-refractivity contribution in [1.29, 1.82) is 0 Å². The highest BCUT2D eigenvalue weighted by atomic mass is 32.2. The van der Waals surface area contributed by atoms with Gasteiger partial charge in [0.1, 0.15) is 0 Å². The van der Waals surface area contributed by atoms with Crippen molar-refractivity contribution >= 4 is 23.6 Å². The molecule has 1 aromatic heterocycles. The third-order valence-electron chi connectivity index (χ3n) is 2.18. The smallest absolute Gasteiger partial charge is 0.223 e. The number of hydrogen-bond acceptors (Lipinski definition) is 4. The van der Waals surface area contributed by atoms with Gasteiger partial charge in [0.25, 0.3) is 0 Å². The van der Waals surface area contributed by atoms with Gasteiger partial charge in [0.15, 0.2) is 5.96 Å². The van der Waals surface area contributed by atoms with Crippen LogP contribution in [-0.4, -0.2) is 29.1 Å². The van der Waals surface area contributed by atoms with E-state index in [1.807, 2.05) is 6.07 Å². The molecule has 0 fully saturated rings. The second kappa shape index (κ2) is 7.71. The minimum Gasteiger partial charge on any atom is -0.370 e. The van der Waals surface area contributed by atoms with E-state index in [1.165, 1.54) is 12.5 Å². The number of aryl methyl sites for hydroxylation is 1. The third kappa shape index (κ3) is 5.67. The number of pyridine rings is 1. The number of guanidine groups is 1. The molecule has 0 unspecified atom stereocenters. The standard InChI is InChI=1S/C12H18N4OS/c1-9-4-3-5-14-11(9)8-18-7-6-15-12(13)16-10(2)17/h3-5H,6-8H2,1-2H3,(H3,13,15,16,17). The first-order valence-electron chi connectivity index (χ1n) is 5.65. The van der Waals surface area contributed by atoms with Crippen LogP contribution < -0.4 is 11.1 Å². The Morgan fingerprint density at radius 2 is 2.39 bits per heavy atom. The van der Waals surface area contributed by atoms with E-state index in [0.29, 0.717) is 6.54 Å². The van der Waals surface area contributed by atoms with E-state index in [0.717, 1.165) is 17.2 Å². The van der Waals surface area contributed by atoms with Crippen LogP contribution in [0.5, 0.6) is 0 Å². The van der Waals surface area contributed by atoms with Crippen molar-refractivity contribution < 1.29 is 4.79 Å². The molecule has 1 heterocycles. The molecule has 0 radical (unpaired) electrons. The summed E-state index contributed by atoms with van der Waals surface area (Å²) in [5, 5.41) is 2.43. The summed E-state index contributed by atoms with van der Waals surface area (Å²) in [6, 6.07) is 3.98. The van der Waals surface area contributed by atoms with Crippen molar-refractivity contribution in [3.05, 3.63) is 29.6 Å². The number of aromatic nitrogens is 1. The Bertz CT molecular complexity index is 434. The van der Waals surface area contributed by atoms with Gasteiger partial charge in [-0.15, -0.1) is 0 Å². The van der Waals surface area contributed by atoms with Crippen molar-refractivity contribution in [3.63, 3.8) is 0 Å². The Morgan fingerprint density at radius 3 is 3.06 bits per heavy atom. The number of nitrogens with one attached hydrogen (secondary N) is 1. The minimum absolute atomic E-state index is 0.178. The van der Waals surface area contributed by atoms with Gasteiger partial charge >= 0.3 is 0 Å². The van der Waals surface area contributed by atoms with Crippen molar-refractivity contribution in [2.45, 2.75) is 19.6 Å². The number of hydrogen-bond donors (Lipinski definition) is 2. The molecule has 18 heavy (non-hydrogen) atoms. The van der Waals surface area contributed by atoms with Gasteiger partial charge in [0.2, 0.25) is 5.91 Å². The van der Waals surface area contributed by atoms with Crippen LogP contribution in [0.15, 0.2) is 23.3 Å². The Labute approximate surface area is 111 Å². The summed E-state index contributed by atoms with van der Waals surface area (Å²) < 4.78 is 0. The normalized spacial score (nSPS) is 11.3. The Morgan fingerprint density at radius 1 is 1.61 bits per heavy atom. The number of nitrogens with zero attached hydrogens (tertiary/aromatic N) is 2. The third-order valence-corrected chi connectivity index (χ3v) is 3.13. The molecule has 3 N–H and O–H groups in total. The fourth-order valence-corrected chi connectivity index (χ4v) is 2.15. The molecule has 0 saturated heterocycles. The van der Waals surface area contributed by atoms with Gasteiger partial charge in [-0.1, -0.05) is 6.07 Å². The lowest BCUT2D eigenvalue weighted by Crippen LogP contribution is -2.35. The number of nitrogens with two attached hydrogens (primary N) is 1. The lowest BCUT2D eigenvalue weighted by molar-refractivity contribution is -0.117. The largest absolute Gasteiger partial charge is 0.370 e. The zero-order valence-electron chi connectivity index (χ0n) is 10.6. The molecular formula is C12H18N4OS. The maximum absolute atomic E-state index is 10.7. The molecule has 0 aliphatic carbocycles. The quantitative estimate of drug-likeness (QED) is 0.474. The van der Waals surface area contributed by atoms with Crippen molar-refractivity contribution in [2.75, 3.05) is 12.3 Å². The van der Waals surface area contributed by atoms with Gasteiger partial charge in [0, 0.05) is 24.6 Å². The molecule has 1 amide bonds. The Kier molecular flexibility index (Phi) is 6.21. The minimum atomic E-state index is -0.201. The van der Waals surface area contributed by atoms with Gasteiger partial charge < -0.3 is 5.73 Å². The molecule has 6 heteroatoms. The van der Waals surface area contributed by atoms with Crippen LogP contribution in [-0.2, 0) is 10.5 Å². The molecule has 0 atom stereocenters. The summed E-state index contributed by atoms with van der Waals surface area (Å²) in [4.78, 5) is 19.0. The maximum atomic E-state index is 10.7. The molecule has 0 aliphatic rings. The number of rotatable bonds is 5. The molecule has 0 aliphatic heterocycles. The van der Waals surface area contributed by atoms with Crippen molar-refractivity contribution in [2.24, 2.45) is 10.7 Å². The average Bonchev–Trinajstić information content (AvgIpc) is 2.30. The summed E-state index contributed by atoms with van der Waals surface area (Å²) in [6.45, 7) is 4.04. The number of amides is 1. The molecule has 98 valence electrons. The first kappa shape index (κ1) is 14.5. The molecule has 5 nitrogen and oxygen atoms in total. The Balaban J connectivity index is 2.23. The van der Waals surface area contributed by atoms with E-state index in [2.05, 4.69) is 28.3 Å². The monoisotopic (exact) mass is 266 g/mol. The lowest BCUT2D eigenvalue weighted by atomic mass is 10.2. The average molecular weight is 266 g/mol. The highest BCUT2D eigenvalue weighted by molar-refractivity contribution is 7.98. The number of carbonyl (C=O) groups is 1. The molecule has 0 bridgehead atoms. The molecule has 0 saturated carbocycles. The van der Waals surface area contributed by atoms with Crippen LogP contribution >= 0.6 is 11.8 Å². The van der Waals surface area contributed by atoms with Crippen LogP contribution in [0.1, 0.15) is 18.2 Å². The van der Waals surface area contributed by atoms with Crippen LogP contribution in [0.3, 0.4) is 0 Å². The van der Waals surface area contributed by atoms with Crippen LogP contribution in [0.2, 0.25) is 0 Å². The summed E-state index contributed by atoms with van der Waals surface area (Å²) in [6.07, 6.45) is 1.80. The number of thioether (sulfide) groups is 1. The van der Waals surface area contributed by atoms with E-state index in [4.69, 9.17) is 5.73 Å². The SMILES string of the molecule is CC(=O)NC(N)=NCCSCc1ncccc1C. The van der Waals surface area contributed by atoms with Gasteiger partial charge in [-0.3, -0.25) is 20.1 Å². The molecule has 1 aromatic rings. The first-order chi connectivity index (χ1) is 8.59. The molecule has 0 aromatic carbocycles. The summed E-state index contributed by atoms with van der Waals surface area (Å²) in [5.41, 5.74) is 7.79. The fraction of sp³-hybridized carbons (Fsp3) is 0.417. The maximum Gasteiger partial charge on any atom is 0.223 e. The van der Waals surface area contributed by atoms with Crippen molar-refractivity contribution in [3.8, 4) is 0 Å². The number of aliphatic imine (C=N–C) groups is 1. The highest BCUT2D eigenvalue weighted by Crippen LogP contribution is 2.12. The fourth-order valence-electron chi connectivity index (χ4n) is 1.29. The second-order valence-corrected chi connectivity index (χ2v) is 4.87. The topological polar surface area (TPSA) is 80.4 Å². The molecule has 0 spiro atoms. The molecular weight excluding hydrogens is 248 g/mol. The van der Waals surface area contributed by atoms with Crippen LogP contribution in [0, 0.1) is 6.92 Å². The number of carbonyl (C=O) groups excluding carboxylic acids is 1. The lowest BCUT2D eigenvalue weighted by Gasteiger charge is -2.03. The van der Waals surface area contributed by atoms with E-state index >= 15 is 0 Å². The molecule has 1 rings (SSSR count). The highest BCUT2D eigenvalue weighted by Gasteiger charge is 1.99. The van der Waals surface area contributed by atoms with Crippen LogP contribution in [0.25, 0.3) is 0 Å². The van der Waals surface area contributed by atoms with E-state index < -0.39 is 0 Å².